The van der Waals surface area contributed by atoms with Crippen molar-refractivity contribution >= 4 is 12.1 Å². The van der Waals surface area contributed by atoms with E-state index in [0.717, 1.165) is 5.69 Å². The second-order valence-corrected chi connectivity index (χ2v) is 5.65. The molecule has 0 saturated carbocycles. The number of nitrogens with zero attached hydrogens (tertiary/aromatic N) is 1. The predicted molar refractivity (Wildman–Crippen MR) is 81.0 cm³/mol. The van der Waals surface area contributed by atoms with Gasteiger partial charge in [0.15, 0.2) is 0 Å². The van der Waals surface area contributed by atoms with Crippen LogP contribution in [0, 0.1) is 0 Å². The van der Waals surface area contributed by atoms with Gasteiger partial charge in [0.1, 0.15) is 0 Å². The maximum atomic E-state index is 11.9. The van der Waals surface area contributed by atoms with Gasteiger partial charge in [0.25, 0.3) is 5.91 Å². The van der Waals surface area contributed by atoms with Gasteiger partial charge in [-0.2, -0.15) is 5.10 Å². The Morgan fingerprint density at radius 1 is 1.20 bits per heavy atom. The van der Waals surface area contributed by atoms with Gasteiger partial charge in [-0.25, -0.2) is 5.43 Å². The summed E-state index contributed by atoms with van der Waals surface area (Å²) in [5, 5.41) is 3.91. The van der Waals surface area contributed by atoms with Crippen LogP contribution in [-0.2, 0) is 5.41 Å². The number of carbonyl (C=O) groups excluding carboxylic acids is 1. The fourth-order valence-electron chi connectivity index (χ4n) is 1.77. The van der Waals surface area contributed by atoms with Crippen molar-refractivity contribution in [2.24, 2.45) is 5.10 Å². The summed E-state index contributed by atoms with van der Waals surface area (Å²) in [5.74, 6) is -0.215. The highest BCUT2D eigenvalue weighted by Gasteiger charge is 2.13. The van der Waals surface area contributed by atoms with Gasteiger partial charge in [-0.15, -0.1) is 0 Å². The largest absolute Gasteiger partial charge is 0.360 e. The highest BCUT2D eigenvalue weighted by molar-refractivity contribution is 5.94. The Morgan fingerprint density at radius 3 is 2.45 bits per heavy atom. The van der Waals surface area contributed by atoms with Crippen LogP contribution < -0.4 is 5.43 Å². The Hall–Kier alpha value is -2.36. The maximum Gasteiger partial charge on any atom is 0.271 e. The molecule has 4 heteroatoms. The first-order valence-corrected chi connectivity index (χ1v) is 6.54. The van der Waals surface area contributed by atoms with E-state index in [1.165, 1.54) is 5.56 Å². The standard InChI is InChI=1S/C16H19N3O/c1-16(2,3)13-8-6-12(7-9-13)15(20)19-18-11-14-5-4-10-17-14/h4-11,17H,1-3H3,(H,19,20)/b18-11+. The van der Waals surface area contributed by atoms with Crippen molar-refractivity contribution in [1.29, 1.82) is 0 Å². The topological polar surface area (TPSA) is 57.2 Å². The van der Waals surface area contributed by atoms with E-state index in [-0.39, 0.29) is 11.3 Å². The summed E-state index contributed by atoms with van der Waals surface area (Å²) in [5.41, 5.74) is 5.23. The molecule has 1 amide bonds. The van der Waals surface area contributed by atoms with Crippen LogP contribution in [0.15, 0.2) is 47.7 Å². The number of benzene rings is 1. The van der Waals surface area contributed by atoms with Gasteiger partial charge in [-0.05, 0) is 35.2 Å². The molecule has 0 bridgehead atoms. The molecule has 2 rings (SSSR count). The fraction of sp³-hybridized carbons (Fsp3) is 0.250. The molecule has 104 valence electrons. The van der Waals surface area contributed by atoms with Crippen molar-refractivity contribution in [2.75, 3.05) is 0 Å². The summed E-state index contributed by atoms with van der Waals surface area (Å²) in [4.78, 5) is 14.9. The lowest BCUT2D eigenvalue weighted by Crippen LogP contribution is -2.18. The number of nitrogens with one attached hydrogen (secondary N) is 2. The smallest absolute Gasteiger partial charge is 0.271 e. The lowest BCUT2D eigenvalue weighted by Gasteiger charge is -2.18. The zero-order valence-corrected chi connectivity index (χ0v) is 12.0. The molecule has 0 saturated heterocycles. The predicted octanol–water partition coefficient (Wildman–Crippen LogP) is 3.08. The van der Waals surface area contributed by atoms with Crippen LogP contribution in [0.5, 0.6) is 0 Å². The van der Waals surface area contributed by atoms with Gasteiger partial charge < -0.3 is 4.98 Å². The molecule has 0 atom stereocenters. The third kappa shape index (κ3) is 3.57. The molecule has 1 heterocycles. The van der Waals surface area contributed by atoms with E-state index in [9.17, 15) is 4.79 Å². The quantitative estimate of drug-likeness (QED) is 0.653. The van der Waals surface area contributed by atoms with Crippen LogP contribution in [0.25, 0.3) is 0 Å². The molecule has 2 aromatic rings. The average molecular weight is 269 g/mol. The zero-order valence-electron chi connectivity index (χ0n) is 12.0. The number of hydrazone groups is 1. The first-order valence-electron chi connectivity index (χ1n) is 6.54. The Labute approximate surface area is 118 Å². The van der Waals surface area contributed by atoms with Gasteiger partial charge in [0.2, 0.25) is 0 Å². The molecular weight excluding hydrogens is 250 g/mol. The van der Waals surface area contributed by atoms with Crippen LogP contribution >= 0.6 is 0 Å². The molecule has 0 aliphatic rings. The van der Waals surface area contributed by atoms with Gasteiger partial charge in [0, 0.05) is 11.8 Å². The average Bonchev–Trinajstić information content (AvgIpc) is 2.91. The van der Waals surface area contributed by atoms with E-state index in [1.54, 1.807) is 12.4 Å². The summed E-state index contributed by atoms with van der Waals surface area (Å²) in [7, 11) is 0. The maximum absolute atomic E-state index is 11.9. The Bertz CT molecular complexity index is 590. The van der Waals surface area contributed by atoms with Gasteiger partial charge in [-0.1, -0.05) is 32.9 Å². The highest BCUT2D eigenvalue weighted by atomic mass is 16.2. The molecule has 0 aliphatic carbocycles. The van der Waals surface area contributed by atoms with Crippen molar-refractivity contribution < 1.29 is 4.79 Å². The number of carbonyl (C=O) groups is 1. The summed E-state index contributed by atoms with van der Waals surface area (Å²) < 4.78 is 0. The Balaban J connectivity index is 1.99. The molecule has 0 radical (unpaired) electrons. The summed E-state index contributed by atoms with van der Waals surface area (Å²) in [6, 6.07) is 11.3. The fourth-order valence-corrected chi connectivity index (χ4v) is 1.77. The van der Waals surface area contributed by atoms with Crippen molar-refractivity contribution in [3.05, 3.63) is 59.4 Å². The van der Waals surface area contributed by atoms with E-state index in [4.69, 9.17) is 0 Å². The number of hydrogen-bond donors (Lipinski definition) is 2. The number of aromatic nitrogens is 1. The van der Waals surface area contributed by atoms with E-state index in [1.807, 2.05) is 36.4 Å². The molecule has 1 aromatic heterocycles. The molecule has 0 unspecified atom stereocenters. The number of rotatable bonds is 3. The number of aromatic amines is 1. The monoisotopic (exact) mass is 269 g/mol. The van der Waals surface area contributed by atoms with E-state index in [0.29, 0.717) is 5.56 Å². The van der Waals surface area contributed by atoms with Crippen LogP contribution in [0.1, 0.15) is 42.4 Å². The SMILES string of the molecule is CC(C)(C)c1ccc(C(=O)N/N=C/c2ccc[nH]2)cc1. The molecule has 0 aliphatic heterocycles. The van der Waals surface area contributed by atoms with Crippen LogP contribution in [0.4, 0.5) is 0 Å². The third-order valence-corrected chi connectivity index (χ3v) is 3.00. The lowest BCUT2D eigenvalue weighted by atomic mass is 9.87. The van der Waals surface area contributed by atoms with Crippen molar-refractivity contribution in [1.82, 2.24) is 10.4 Å². The van der Waals surface area contributed by atoms with E-state index >= 15 is 0 Å². The minimum Gasteiger partial charge on any atom is -0.360 e. The zero-order chi connectivity index (χ0) is 14.6. The molecular formula is C16H19N3O. The Kier molecular flexibility index (Phi) is 4.03. The van der Waals surface area contributed by atoms with Gasteiger partial charge in [0.05, 0.1) is 11.9 Å². The van der Waals surface area contributed by atoms with Crippen molar-refractivity contribution in [2.45, 2.75) is 26.2 Å². The molecule has 2 N–H and O–H groups in total. The molecule has 4 nitrogen and oxygen atoms in total. The highest BCUT2D eigenvalue weighted by Crippen LogP contribution is 2.22. The Morgan fingerprint density at radius 2 is 1.90 bits per heavy atom. The van der Waals surface area contributed by atoms with Crippen LogP contribution in [-0.4, -0.2) is 17.1 Å². The van der Waals surface area contributed by atoms with Crippen molar-refractivity contribution in [3.8, 4) is 0 Å². The van der Waals surface area contributed by atoms with E-state index in [2.05, 4.69) is 36.3 Å². The summed E-state index contributed by atoms with van der Waals surface area (Å²) in [6.45, 7) is 6.42. The third-order valence-electron chi connectivity index (χ3n) is 3.00. The second-order valence-electron chi connectivity index (χ2n) is 5.65. The number of amides is 1. The van der Waals surface area contributed by atoms with Gasteiger partial charge in [-0.3, -0.25) is 4.79 Å². The molecule has 0 spiro atoms. The minimum atomic E-state index is -0.215. The first kappa shape index (κ1) is 14.1. The first-order chi connectivity index (χ1) is 9.47. The number of H-pyrrole nitrogens is 1. The number of hydrogen-bond acceptors (Lipinski definition) is 2. The second kappa shape index (κ2) is 5.74. The van der Waals surface area contributed by atoms with Gasteiger partial charge >= 0.3 is 0 Å². The molecule has 1 aromatic carbocycles. The molecule has 0 fully saturated rings. The molecule has 20 heavy (non-hydrogen) atoms. The minimum absolute atomic E-state index is 0.0841. The van der Waals surface area contributed by atoms with Crippen LogP contribution in [0.3, 0.4) is 0 Å². The van der Waals surface area contributed by atoms with Crippen molar-refractivity contribution in [3.63, 3.8) is 0 Å². The summed E-state index contributed by atoms with van der Waals surface area (Å²) >= 11 is 0. The van der Waals surface area contributed by atoms with Crippen LogP contribution in [0.2, 0.25) is 0 Å². The normalized spacial score (nSPS) is 11.8. The summed E-state index contributed by atoms with van der Waals surface area (Å²) in [6.07, 6.45) is 3.37. The van der Waals surface area contributed by atoms with E-state index < -0.39 is 0 Å². The lowest BCUT2D eigenvalue weighted by molar-refractivity contribution is 0.0955.